The number of alkyl carbamates (subject to hydrolysis) is 1. The van der Waals surface area contributed by atoms with Crippen LogP contribution in [-0.2, 0) is 19.1 Å². The summed E-state index contributed by atoms with van der Waals surface area (Å²) in [6.07, 6.45) is 0.900. The molecule has 1 fully saturated rings. The molecule has 0 saturated carbocycles. The minimum atomic E-state index is -0.778. The second-order valence-electron chi connectivity index (χ2n) is 9.43. The minimum absolute atomic E-state index is 0.0406. The fourth-order valence-corrected chi connectivity index (χ4v) is 3.29. The van der Waals surface area contributed by atoms with Gasteiger partial charge in [0.15, 0.2) is 0 Å². The van der Waals surface area contributed by atoms with Crippen molar-refractivity contribution in [3.05, 3.63) is 24.3 Å². The molecule has 1 heterocycles. The maximum Gasteiger partial charge on any atom is 0.407 e. The van der Waals surface area contributed by atoms with Gasteiger partial charge in [-0.25, -0.2) is 4.79 Å². The summed E-state index contributed by atoms with van der Waals surface area (Å²) in [5.41, 5.74) is -0.0908. The van der Waals surface area contributed by atoms with Crippen LogP contribution in [0.1, 0.15) is 53.9 Å². The third kappa shape index (κ3) is 8.20. The van der Waals surface area contributed by atoms with E-state index in [1.165, 1.54) is 0 Å². The van der Waals surface area contributed by atoms with Crippen LogP contribution in [-0.4, -0.2) is 43.3 Å². The van der Waals surface area contributed by atoms with Crippen LogP contribution in [0.2, 0.25) is 0 Å². The zero-order valence-electron chi connectivity index (χ0n) is 19.2. The lowest BCUT2D eigenvalue weighted by molar-refractivity contribution is -0.130. The van der Waals surface area contributed by atoms with Crippen LogP contribution in [0.5, 0.6) is 0 Å². The van der Waals surface area contributed by atoms with Crippen molar-refractivity contribution in [2.24, 2.45) is 11.3 Å². The molecule has 1 aliphatic heterocycles. The van der Waals surface area contributed by atoms with Crippen LogP contribution in [0, 0.1) is 11.3 Å². The molecule has 1 saturated heterocycles. The molecule has 0 aromatic heterocycles. The van der Waals surface area contributed by atoms with Crippen LogP contribution in [0.3, 0.4) is 0 Å². The molecule has 0 atom stereocenters. The van der Waals surface area contributed by atoms with Crippen molar-refractivity contribution in [2.45, 2.75) is 59.5 Å². The molecular weight excluding hydrogens is 398 g/mol. The van der Waals surface area contributed by atoms with E-state index in [2.05, 4.69) is 16.0 Å². The molecule has 8 heteroatoms. The fraction of sp³-hybridized carbons (Fsp3) is 0.609. The first-order chi connectivity index (χ1) is 14.5. The Morgan fingerprint density at radius 1 is 1.03 bits per heavy atom. The van der Waals surface area contributed by atoms with Crippen LogP contribution in [0.15, 0.2) is 24.3 Å². The number of benzene rings is 1. The molecule has 1 aliphatic rings. The van der Waals surface area contributed by atoms with Crippen LogP contribution in [0.4, 0.5) is 16.2 Å². The third-order valence-corrected chi connectivity index (χ3v) is 4.92. The van der Waals surface area contributed by atoms with Gasteiger partial charge >= 0.3 is 6.09 Å². The third-order valence-electron chi connectivity index (χ3n) is 4.92. The van der Waals surface area contributed by atoms with Crippen molar-refractivity contribution in [3.63, 3.8) is 0 Å². The summed E-state index contributed by atoms with van der Waals surface area (Å²) in [5, 5.41) is 8.52. The van der Waals surface area contributed by atoms with Crippen molar-refractivity contribution in [1.29, 1.82) is 0 Å². The van der Waals surface area contributed by atoms with Crippen LogP contribution < -0.4 is 16.0 Å². The minimum Gasteiger partial charge on any atom is -0.444 e. The average molecular weight is 434 g/mol. The van der Waals surface area contributed by atoms with Gasteiger partial charge < -0.3 is 25.4 Å². The van der Waals surface area contributed by atoms with Crippen LogP contribution in [0.25, 0.3) is 0 Å². The Kier molecular flexibility index (Phi) is 8.44. The molecule has 3 amide bonds. The second kappa shape index (κ2) is 10.6. The lowest BCUT2D eigenvalue weighted by Gasteiger charge is -2.36. The van der Waals surface area contributed by atoms with Crippen molar-refractivity contribution >= 4 is 29.3 Å². The first-order valence-electron chi connectivity index (χ1n) is 10.8. The number of anilines is 2. The van der Waals surface area contributed by atoms with Gasteiger partial charge in [0.1, 0.15) is 5.60 Å². The maximum atomic E-state index is 13.1. The lowest BCUT2D eigenvalue weighted by Crippen LogP contribution is -2.49. The van der Waals surface area contributed by atoms with Crippen molar-refractivity contribution in [1.82, 2.24) is 5.32 Å². The molecule has 2 rings (SSSR count). The van der Waals surface area contributed by atoms with Gasteiger partial charge in [-0.3, -0.25) is 9.59 Å². The van der Waals surface area contributed by atoms with Gasteiger partial charge in [0, 0.05) is 37.6 Å². The smallest absolute Gasteiger partial charge is 0.407 e. The molecule has 0 bridgehead atoms. The average Bonchev–Trinajstić information content (AvgIpc) is 2.66. The monoisotopic (exact) mass is 433 g/mol. The summed E-state index contributed by atoms with van der Waals surface area (Å²) < 4.78 is 10.7. The van der Waals surface area contributed by atoms with E-state index < -0.39 is 17.1 Å². The maximum absolute atomic E-state index is 13.1. The SMILES string of the molecule is CC(C)CC(=O)Nc1ccc(NC(=O)C2(CNC(=O)OC(C)(C)C)CCOCC2)cc1. The van der Waals surface area contributed by atoms with Gasteiger partial charge in [-0.05, 0) is 63.8 Å². The summed E-state index contributed by atoms with van der Waals surface area (Å²) in [5.74, 6) is 0.0631. The molecule has 3 N–H and O–H groups in total. The number of nitrogens with one attached hydrogen (secondary N) is 3. The quantitative estimate of drug-likeness (QED) is 0.604. The molecule has 1 aromatic rings. The highest BCUT2D eigenvalue weighted by Gasteiger charge is 2.40. The van der Waals surface area contributed by atoms with E-state index in [-0.39, 0.29) is 24.3 Å². The van der Waals surface area contributed by atoms with Crippen molar-refractivity contribution < 1.29 is 23.9 Å². The molecule has 31 heavy (non-hydrogen) atoms. The molecule has 0 unspecified atom stereocenters. The van der Waals surface area contributed by atoms with Gasteiger partial charge in [0.25, 0.3) is 0 Å². The number of carbonyl (C=O) groups is 3. The van der Waals surface area contributed by atoms with E-state index in [1.807, 2.05) is 13.8 Å². The van der Waals surface area contributed by atoms with Crippen LogP contribution >= 0.6 is 0 Å². The summed E-state index contributed by atoms with van der Waals surface area (Å²) in [6.45, 7) is 10.4. The Morgan fingerprint density at radius 3 is 2.10 bits per heavy atom. The van der Waals surface area contributed by atoms with Crippen molar-refractivity contribution in [2.75, 3.05) is 30.4 Å². The predicted octanol–water partition coefficient (Wildman–Crippen LogP) is 3.93. The normalized spacial score (nSPS) is 15.8. The summed E-state index contributed by atoms with van der Waals surface area (Å²) >= 11 is 0. The summed E-state index contributed by atoms with van der Waals surface area (Å²) in [4.78, 5) is 37.1. The molecular formula is C23H35N3O5. The molecule has 172 valence electrons. The lowest BCUT2D eigenvalue weighted by atomic mass is 9.79. The number of hydrogen-bond acceptors (Lipinski definition) is 5. The Morgan fingerprint density at radius 2 is 1.58 bits per heavy atom. The topological polar surface area (TPSA) is 106 Å². The second-order valence-corrected chi connectivity index (χ2v) is 9.43. The Labute approximate surface area is 184 Å². The van der Waals surface area contributed by atoms with E-state index in [0.29, 0.717) is 43.9 Å². The Balaban J connectivity index is 2.00. The van der Waals surface area contributed by atoms with E-state index >= 15 is 0 Å². The fourth-order valence-electron chi connectivity index (χ4n) is 3.29. The number of rotatable bonds is 7. The van der Waals surface area contributed by atoms with Gasteiger partial charge in [-0.2, -0.15) is 0 Å². The predicted molar refractivity (Wildman–Crippen MR) is 120 cm³/mol. The van der Waals surface area contributed by atoms with E-state index in [0.717, 1.165) is 0 Å². The standard InChI is InChI=1S/C23H35N3O5/c1-16(2)14-19(27)25-17-6-8-18(9-7-17)26-20(28)23(10-12-30-13-11-23)15-24-21(29)31-22(3,4)5/h6-9,16H,10-15H2,1-5H3,(H,24,29)(H,25,27)(H,26,28). The number of carbonyl (C=O) groups excluding carboxylic acids is 3. The van der Waals surface area contributed by atoms with Crippen molar-refractivity contribution in [3.8, 4) is 0 Å². The number of ether oxygens (including phenoxy) is 2. The molecule has 8 nitrogen and oxygen atoms in total. The first kappa shape index (κ1) is 24.7. The number of amides is 3. The highest BCUT2D eigenvalue weighted by molar-refractivity contribution is 5.96. The molecule has 0 aliphatic carbocycles. The summed E-state index contributed by atoms with van der Waals surface area (Å²) in [6, 6.07) is 7.00. The van der Waals surface area contributed by atoms with Gasteiger partial charge in [-0.15, -0.1) is 0 Å². The Bertz CT molecular complexity index is 762. The highest BCUT2D eigenvalue weighted by atomic mass is 16.6. The Hall–Kier alpha value is -2.61. The van der Waals surface area contributed by atoms with E-state index in [9.17, 15) is 14.4 Å². The molecule has 0 spiro atoms. The largest absolute Gasteiger partial charge is 0.444 e. The first-order valence-corrected chi connectivity index (χ1v) is 10.8. The summed E-state index contributed by atoms with van der Waals surface area (Å²) in [7, 11) is 0. The van der Waals surface area contributed by atoms with E-state index in [4.69, 9.17) is 9.47 Å². The van der Waals surface area contributed by atoms with E-state index in [1.54, 1.807) is 45.0 Å². The number of hydrogen-bond donors (Lipinski definition) is 3. The molecule has 0 radical (unpaired) electrons. The van der Waals surface area contributed by atoms with Gasteiger partial charge in [0.05, 0.1) is 5.41 Å². The zero-order chi connectivity index (χ0) is 23.1. The zero-order valence-corrected chi connectivity index (χ0v) is 19.2. The molecule has 1 aromatic carbocycles. The highest BCUT2D eigenvalue weighted by Crippen LogP contribution is 2.32. The van der Waals surface area contributed by atoms with Gasteiger partial charge in [-0.1, -0.05) is 13.8 Å². The van der Waals surface area contributed by atoms with Gasteiger partial charge in [0.2, 0.25) is 11.8 Å².